The summed E-state index contributed by atoms with van der Waals surface area (Å²) in [6.45, 7) is 7.16. The van der Waals surface area contributed by atoms with Crippen molar-refractivity contribution < 1.29 is 37.3 Å². The van der Waals surface area contributed by atoms with E-state index < -0.39 is 45.7 Å². The van der Waals surface area contributed by atoms with E-state index in [2.05, 4.69) is 5.32 Å². The number of fused-ring (bicyclic) bond motifs is 1. The van der Waals surface area contributed by atoms with E-state index in [0.29, 0.717) is 24.7 Å². The van der Waals surface area contributed by atoms with E-state index in [-0.39, 0.29) is 17.9 Å². The number of benzene rings is 1. The first-order valence-electron chi connectivity index (χ1n) is 10.0. The van der Waals surface area contributed by atoms with E-state index in [1.165, 1.54) is 25.1 Å². The molecule has 3 atom stereocenters. The van der Waals surface area contributed by atoms with E-state index >= 15 is 0 Å². The lowest BCUT2D eigenvalue weighted by Gasteiger charge is -2.26. The molecule has 172 valence electrons. The Balaban J connectivity index is 1.78. The lowest BCUT2D eigenvalue weighted by atomic mass is 10.1. The quantitative estimate of drug-likeness (QED) is 0.610. The summed E-state index contributed by atoms with van der Waals surface area (Å²) in [5.74, 6) is -0.671. The van der Waals surface area contributed by atoms with Crippen molar-refractivity contribution in [2.75, 3.05) is 19.8 Å². The fourth-order valence-electron chi connectivity index (χ4n) is 3.36. The summed E-state index contributed by atoms with van der Waals surface area (Å²) < 4.78 is 43.4. The fraction of sp³-hybridized carbons (Fsp3) is 0.600. The van der Waals surface area contributed by atoms with Crippen LogP contribution in [0.15, 0.2) is 23.1 Å². The zero-order chi connectivity index (χ0) is 23.0. The van der Waals surface area contributed by atoms with Crippen LogP contribution in [0.4, 0.5) is 0 Å². The van der Waals surface area contributed by atoms with Crippen molar-refractivity contribution >= 4 is 21.9 Å². The maximum absolute atomic E-state index is 13.2. The number of ether oxygens (including phenoxy) is 3. The van der Waals surface area contributed by atoms with Gasteiger partial charge in [-0.15, -0.1) is 0 Å². The first kappa shape index (κ1) is 23.3. The highest BCUT2D eigenvalue weighted by atomic mass is 32.2. The number of nitrogens with zero attached hydrogens (tertiary/aromatic N) is 1. The number of amides is 1. The number of rotatable bonds is 5. The van der Waals surface area contributed by atoms with Gasteiger partial charge < -0.3 is 24.6 Å². The Labute approximate surface area is 181 Å². The molecule has 2 aliphatic rings. The molecule has 1 amide bonds. The van der Waals surface area contributed by atoms with Gasteiger partial charge in [0.1, 0.15) is 19.3 Å². The van der Waals surface area contributed by atoms with Crippen molar-refractivity contribution in [2.45, 2.75) is 62.8 Å². The second-order valence-electron chi connectivity index (χ2n) is 8.60. The maximum Gasteiger partial charge on any atom is 0.325 e. The van der Waals surface area contributed by atoms with Gasteiger partial charge in [0.2, 0.25) is 10.0 Å². The minimum atomic E-state index is -4.15. The Kier molecular flexibility index (Phi) is 6.49. The van der Waals surface area contributed by atoms with Crippen LogP contribution in [0, 0.1) is 0 Å². The third-order valence-corrected chi connectivity index (χ3v) is 6.66. The third kappa shape index (κ3) is 5.28. The SMILES string of the molecule is CC(OC(=O)C1CC(O)CN1S(=O)(=O)c1ccc2c(c1)OCCO2)C(=O)NC(C)(C)C. The molecule has 2 aliphatic heterocycles. The number of sulfonamides is 1. The second-order valence-corrected chi connectivity index (χ2v) is 10.5. The number of nitrogens with one attached hydrogen (secondary N) is 1. The normalized spacial score (nSPS) is 22.6. The van der Waals surface area contributed by atoms with Gasteiger partial charge >= 0.3 is 5.97 Å². The van der Waals surface area contributed by atoms with Crippen molar-refractivity contribution in [3.8, 4) is 11.5 Å². The molecule has 31 heavy (non-hydrogen) atoms. The van der Waals surface area contributed by atoms with Crippen molar-refractivity contribution in [1.82, 2.24) is 9.62 Å². The Morgan fingerprint density at radius 2 is 1.87 bits per heavy atom. The summed E-state index contributed by atoms with van der Waals surface area (Å²) in [5, 5.41) is 12.8. The van der Waals surface area contributed by atoms with Gasteiger partial charge in [-0.3, -0.25) is 9.59 Å². The molecule has 0 spiro atoms. The first-order valence-corrected chi connectivity index (χ1v) is 11.4. The molecular weight excluding hydrogens is 428 g/mol. The van der Waals surface area contributed by atoms with Crippen LogP contribution in [-0.2, 0) is 24.3 Å². The number of β-amino-alcohol motifs (C(OH)–C–C–N with tert-alkyl or cyclic N) is 1. The number of carbonyl (C=O) groups excluding carboxylic acids is 2. The van der Waals surface area contributed by atoms with E-state index in [1.54, 1.807) is 20.8 Å². The largest absolute Gasteiger partial charge is 0.486 e. The average Bonchev–Trinajstić information content (AvgIpc) is 3.09. The molecule has 0 radical (unpaired) electrons. The number of aliphatic hydroxyl groups is 1. The molecule has 0 bridgehead atoms. The van der Waals surface area contributed by atoms with Crippen LogP contribution in [0.5, 0.6) is 11.5 Å². The molecular formula is C20H28N2O8S. The van der Waals surface area contributed by atoms with Gasteiger partial charge in [0.15, 0.2) is 17.6 Å². The maximum atomic E-state index is 13.2. The number of carbonyl (C=O) groups is 2. The summed E-state index contributed by atoms with van der Waals surface area (Å²) in [6.07, 6.45) is -2.29. The summed E-state index contributed by atoms with van der Waals surface area (Å²) >= 11 is 0. The Bertz CT molecular complexity index is 956. The number of hydrogen-bond donors (Lipinski definition) is 2. The molecule has 2 N–H and O–H groups in total. The Hall–Kier alpha value is -2.37. The van der Waals surface area contributed by atoms with E-state index in [4.69, 9.17) is 14.2 Å². The van der Waals surface area contributed by atoms with Gasteiger partial charge in [0.25, 0.3) is 5.91 Å². The monoisotopic (exact) mass is 456 g/mol. The van der Waals surface area contributed by atoms with E-state index in [1.807, 2.05) is 0 Å². The lowest BCUT2D eigenvalue weighted by Crippen LogP contribution is -2.48. The van der Waals surface area contributed by atoms with Crippen molar-refractivity contribution in [2.24, 2.45) is 0 Å². The molecule has 3 unspecified atom stereocenters. The second kappa shape index (κ2) is 8.64. The van der Waals surface area contributed by atoms with Crippen molar-refractivity contribution in [3.05, 3.63) is 18.2 Å². The molecule has 0 saturated carbocycles. The molecule has 1 aromatic rings. The van der Waals surface area contributed by atoms with E-state index in [9.17, 15) is 23.1 Å². The zero-order valence-electron chi connectivity index (χ0n) is 18.0. The molecule has 1 fully saturated rings. The molecule has 1 aromatic carbocycles. The van der Waals surface area contributed by atoms with Crippen LogP contribution < -0.4 is 14.8 Å². The molecule has 11 heteroatoms. The van der Waals surface area contributed by atoms with Crippen molar-refractivity contribution in [3.63, 3.8) is 0 Å². The molecule has 0 aliphatic carbocycles. The highest BCUT2D eigenvalue weighted by Gasteiger charge is 2.45. The Morgan fingerprint density at radius 3 is 2.52 bits per heavy atom. The van der Waals surface area contributed by atoms with Gasteiger partial charge in [-0.25, -0.2) is 8.42 Å². The van der Waals surface area contributed by atoms with Crippen LogP contribution in [-0.4, -0.2) is 73.3 Å². The standard InChI is InChI=1S/C20H28N2O8S/c1-12(18(24)21-20(2,3)4)30-19(25)15-9-13(23)11-22(15)31(26,27)14-5-6-16-17(10-14)29-8-7-28-16/h5-6,10,12-13,15,23H,7-9,11H2,1-4H3,(H,21,24). The third-order valence-electron chi connectivity index (χ3n) is 4.79. The van der Waals surface area contributed by atoms with Gasteiger partial charge in [-0.2, -0.15) is 4.31 Å². The molecule has 2 heterocycles. The summed E-state index contributed by atoms with van der Waals surface area (Å²) in [5.41, 5.74) is -0.519. The number of aliphatic hydroxyl groups excluding tert-OH is 1. The van der Waals surface area contributed by atoms with Gasteiger partial charge in [0, 0.05) is 24.6 Å². The van der Waals surface area contributed by atoms with Crippen LogP contribution in [0.25, 0.3) is 0 Å². The number of hydrogen-bond acceptors (Lipinski definition) is 8. The summed E-state index contributed by atoms with van der Waals surface area (Å²) in [7, 11) is -4.15. The first-order chi connectivity index (χ1) is 14.4. The minimum Gasteiger partial charge on any atom is -0.486 e. The summed E-state index contributed by atoms with van der Waals surface area (Å²) in [6, 6.07) is 2.92. The molecule has 1 saturated heterocycles. The minimum absolute atomic E-state index is 0.0952. The zero-order valence-corrected chi connectivity index (χ0v) is 18.8. The van der Waals surface area contributed by atoms with Crippen LogP contribution >= 0.6 is 0 Å². The lowest BCUT2D eigenvalue weighted by molar-refractivity contribution is -0.158. The molecule has 0 aromatic heterocycles. The smallest absolute Gasteiger partial charge is 0.325 e. The fourth-order valence-corrected chi connectivity index (χ4v) is 5.00. The van der Waals surface area contributed by atoms with Crippen LogP contribution in [0.3, 0.4) is 0 Å². The summed E-state index contributed by atoms with van der Waals surface area (Å²) in [4.78, 5) is 24.8. The average molecular weight is 457 g/mol. The van der Waals surface area contributed by atoms with Crippen LogP contribution in [0.1, 0.15) is 34.1 Å². The van der Waals surface area contributed by atoms with Crippen LogP contribution in [0.2, 0.25) is 0 Å². The molecule has 3 rings (SSSR count). The van der Waals surface area contributed by atoms with Gasteiger partial charge in [0.05, 0.1) is 11.0 Å². The van der Waals surface area contributed by atoms with Gasteiger partial charge in [-0.1, -0.05) is 0 Å². The molecule has 10 nitrogen and oxygen atoms in total. The Morgan fingerprint density at radius 1 is 1.23 bits per heavy atom. The highest BCUT2D eigenvalue weighted by Crippen LogP contribution is 2.35. The predicted octanol–water partition coefficient (Wildman–Crippen LogP) is 0.428. The highest BCUT2D eigenvalue weighted by molar-refractivity contribution is 7.89. The van der Waals surface area contributed by atoms with Gasteiger partial charge in [-0.05, 0) is 39.8 Å². The number of esters is 1. The topological polar surface area (TPSA) is 131 Å². The van der Waals surface area contributed by atoms with E-state index in [0.717, 1.165) is 4.31 Å². The van der Waals surface area contributed by atoms with Crippen molar-refractivity contribution in [1.29, 1.82) is 0 Å². The predicted molar refractivity (Wildman–Crippen MR) is 109 cm³/mol.